The predicted octanol–water partition coefficient (Wildman–Crippen LogP) is 3.41. The Morgan fingerprint density at radius 2 is 2.06 bits per heavy atom. The van der Waals surface area contributed by atoms with Gasteiger partial charge in [-0.3, -0.25) is 0 Å². The molecule has 2 rings (SSSR count). The van der Waals surface area contributed by atoms with Crippen molar-refractivity contribution in [1.29, 1.82) is 0 Å². The van der Waals surface area contributed by atoms with Crippen molar-refractivity contribution < 1.29 is 0 Å². The summed E-state index contributed by atoms with van der Waals surface area (Å²) >= 11 is 0. The smallest absolute Gasteiger partial charge is 0.0357 e. The number of rotatable bonds is 2. The zero-order chi connectivity index (χ0) is 12.5. The van der Waals surface area contributed by atoms with Crippen LogP contribution in [0, 0.1) is 0 Å². The Kier molecular flexibility index (Phi) is 2.97. The maximum Gasteiger partial charge on any atom is 0.0357 e. The molecule has 1 aromatic carbocycles. The van der Waals surface area contributed by atoms with Crippen LogP contribution in [0.4, 0.5) is 11.4 Å². The first kappa shape index (κ1) is 11.8. The minimum Gasteiger partial charge on any atom is -0.399 e. The molecule has 1 unspecified atom stereocenters. The zero-order valence-electron chi connectivity index (χ0n) is 10.5. The highest BCUT2D eigenvalue weighted by Gasteiger charge is 2.31. The summed E-state index contributed by atoms with van der Waals surface area (Å²) in [6.07, 6.45) is 8.60. The summed E-state index contributed by atoms with van der Waals surface area (Å²) in [6, 6.07) is 5.78. The predicted molar refractivity (Wildman–Crippen MR) is 74.7 cm³/mol. The highest BCUT2D eigenvalue weighted by atomic mass is 14.6. The molecule has 90 valence electrons. The molecule has 0 fully saturated rings. The second-order valence-electron chi connectivity index (χ2n) is 4.91. The van der Waals surface area contributed by atoms with E-state index in [1.165, 1.54) is 5.57 Å². The Hall–Kier alpha value is -1.70. The molecular formula is C15H20N2. The van der Waals surface area contributed by atoms with Gasteiger partial charge in [-0.25, -0.2) is 0 Å². The van der Waals surface area contributed by atoms with Gasteiger partial charge in [0.15, 0.2) is 0 Å². The molecule has 1 aliphatic carbocycles. The molecule has 1 atom stereocenters. The molecule has 0 saturated heterocycles. The number of anilines is 2. The number of benzene rings is 1. The molecule has 1 aliphatic rings. The molecule has 0 amide bonds. The topological polar surface area (TPSA) is 52.0 Å². The third kappa shape index (κ3) is 2.07. The summed E-state index contributed by atoms with van der Waals surface area (Å²) in [5.41, 5.74) is 16.2. The van der Waals surface area contributed by atoms with E-state index in [4.69, 9.17) is 11.5 Å². The molecule has 0 saturated carbocycles. The van der Waals surface area contributed by atoms with Crippen molar-refractivity contribution in [3.05, 3.63) is 47.6 Å². The van der Waals surface area contributed by atoms with E-state index in [1.807, 2.05) is 18.2 Å². The van der Waals surface area contributed by atoms with Crippen molar-refractivity contribution in [3.8, 4) is 0 Å². The number of hydrogen-bond donors (Lipinski definition) is 2. The summed E-state index contributed by atoms with van der Waals surface area (Å²) in [5, 5.41) is 0. The molecule has 0 bridgehead atoms. The summed E-state index contributed by atoms with van der Waals surface area (Å²) < 4.78 is 0. The number of hydrogen-bond acceptors (Lipinski definition) is 2. The SMILES string of the molecule is CCC1(c2cc(N)ccc2N)C=CC=C(C)C1. The lowest BCUT2D eigenvalue weighted by molar-refractivity contribution is 0.506. The van der Waals surface area contributed by atoms with Gasteiger partial charge in [-0.1, -0.05) is 30.7 Å². The van der Waals surface area contributed by atoms with E-state index in [2.05, 4.69) is 32.1 Å². The first-order valence-electron chi connectivity index (χ1n) is 6.08. The molecule has 0 radical (unpaired) electrons. The van der Waals surface area contributed by atoms with Gasteiger partial charge in [0.1, 0.15) is 0 Å². The van der Waals surface area contributed by atoms with Crippen molar-refractivity contribution in [1.82, 2.24) is 0 Å². The molecule has 17 heavy (non-hydrogen) atoms. The van der Waals surface area contributed by atoms with Gasteiger partial charge in [0.05, 0.1) is 0 Å². The van der Waals surface area contributed by atoms with E-state index in [-0.39, 0.29) is 5.41 Å². The monoisotopic (exact) mass is 228 g/mol. The summed E-state index contributed by atoms with van der Waals surface area (Å²) in [6.45, 7) is 4.36. The van der Waals surface area contributed by atoms with E-state index in [1.54, 1.807) is 0 Å². The van der Waals surface area contributed by atoms with Crippen molar-refractivity contribution >= 4 is 11.4 Å². The van der Waals surface area contributed by atoms with E-state index in [9.17, 15) is 0 Å². The largest absolute Gasteiger partial charge is 0.399 e. The normalized spacial score (nSPS) is 23.5. The maximum absolute atomic E-state index is 6.12. The number of nitrogen functional groups attached to an aromatic ring is 2. The van der Waals surface area contributed by atoms with Gasteiger partial charge in [0, 0.05) is 16.8 Å². The van der Waals surface area contributed by atoms with Crippen LogP contribution in [0.15, 0.2) is 42.0 Å². The van der Waals surface area contributed by atoms with Gasteiger partial charge in [0.2, 0.25) is 0 Å². The van der Waals surface area contributed by atoms with Gasteiger partial charge in [0.25, 0.3) is 0 Å². The van der Waals surface area contributed by atoms with Crippen LogP contribution < -0.4 is 11.5 Å². The number of nitrogens with two attached hydrogens (primary N) is 2. The van der Waals surface area contributed by atoms with Crippen LogP contribution in [0.3, 0.4) is 0 Å². The van der Waals surface area contributed by atoms with Gasteiger partial charge >= 0.3 is 0 Å². The summed E-state index contributed by atoms with van der Waals surface area (Å²) in [7, 11) is 0. The molecule has 0 spiro atoms. The molecular weight excluding hydrogens is 208 g/mol. The van der Waals surface area contributed by atoms with Gasteiger partial charge in [-0.2, -0.15) is 0 Å². The molecule has 0 aromatic heterocycles. The highest BCUT2D eigenvalue weighted by molar-refractivity contribution is 5.60. The average molecular weight is 228 g/mol. The van der Waals surface area contributed by atoms with Crippen molar-refractivity contribution in [3.63, 3.8) is 0 Å². The summed E-state index contributed by atoms with van der Waals surface area (Å²) in [4.78, 5) is 0. The van der Waals surface area contributed by atoms with Crippen LogP contribution >= 0.6 is 0 Å². The first-order chi connectivity index (χ1) is 8.07. The van der Waals surface area contributed by atoms with Crippen molar-refractivity contribution in [2.24, 2.45) is 0 Å². The Balaban J connectivity index is 2.52. The Labute approximate surface area is 103 Å². The Morgan fingerprint density at radius 3 is 2.71 bits per heavy atom. The third-order valence-corrected chi connectivity index (χ3v) is 3.63. The second kappa shape index (κ2) is 4.28. The van der Waals surface area contributed by atoms with Crippen LogP contribution in [-0.2, 0) is 5.41 Å². The van der Waals surface area contributed by atoms with Crippen LogP contribution in [0.2, 0.25) is 0 Å². The quantitative estimate of drug-likeness (QED) is 0.762. The Morgan fingerprint density at radius 1 is 1.29 bits per heavy atom. The lowest BCUT2D eigenvalue weighted by atomic mass is 9.71. The minimum atomic E-state index is 0.0122. The fraction of sp³-hybridized carbons (Fsp3) is 0.333. The minimum absolute atomic E-state index is 0.0122. The molecule has 1 aromatic rings. The van der Waals surface area contributed by atoms with E-state index >= 15 is 0 Å². The van der Waals surface area contributed by atoms with E-state index in [0.717, 1.165) is 29.8 Å². The molecule has 2 heteroatoms. The molecule has 0 aliphatic heterocycles. The van der Waals surface area contributed by atoms with Crippen LogP contribution in [0.5, 0.6) is 0 Å². The van der Waals surface area contributed by atoms with Crippen LogP contribution in [0.25, 0.3) is 0 Å². The summed E-state index contributed by atoms with van der Waals surface area (Å²) in [5.74, 6) is 0. The molecule has 0 heterocycles. The van der Waals surface area contributed by atoms with Crippen molar-refractivity contribution in [2.45, 2.75) is 32.1 Å². The van der Waals surface area contributed by atoms with Crippen LogP contribution in [0.1, 0.15) is 32.3 Å². The number of allylic oxidation sites excluding steroid dienone is 4. The van der Waals surface area contributed by atoms with Crippen LogP contribution in [-0.4, -0.2) is 0 Å². The van der Waals surface area contributed by atoms with Gasteiger partial charge in [-0.15, -0.1) is 0 Å². The second-order valence-corrected chi connectivity index (χ2v) is 4.91. The maximum atomic E-state index is 6.12. The fourth-order valence-electron chi connectivity index (χ4n) is 2.64. The van der Waals surface area contributed by atoms with Crippen molar-refractivity contribution in [2.75, 3.05) is 11.5 Å². The average Bonchev–Trinajstić information content (AvgIpc) is 2.32. The molecule has 4 N–H and O–H groups in total. The van der Waals surface area contributed by atoms with E-state index < -0.39 is 0 Å². The fourth-order valence-corrected chi connectivity index (χ4v) is 2.64. The van der Waals surface area contributed by atoms with Gasteiger partial charge < -0.3 is 11.5 Å². The standard InChI is InChI=1S/C15H20N2/c1-3-15(8-4-5-11(2)10-15)13-9-12(16)6-7-14(13)17/h4-9H,3,10,16-17H2,1-2H3. The lowest BCUT2D eigenvalue weighted by Crippen LogP contribution is -2.26. The van der Waals surface area contributed by atoms with E-state index in [0.29, 0.717) is 0 Å². The highest BCUT2D eigenvalue weighted by Crippen LogP contribution is 2.41. The van der Waals surface area contributed by atoms with Gasteiger partial charge in [-0.05, 0) is 43.5 Å². The first-order valence-corrected chi connectivity index (χ1v) is 6.08. The lowest BCUT2D eigenvalue weighted by Gasteiger charge is -2.34. The zero-order valence-corrected chi connectivity index (χ0v) is 10.5. The molecule has 2 nitrogen and oxygen atoms in total. The third-order valence-electron chi connectivity index (χ3n) is 3.63. The Bertz CT molecular complexity index is 486.